The molecular weight excluding hydrogens is 92.1 g/mol. The maximum absolute atomic E-state index is 4.73. The highest BCUT2D eigenvalue weighted by Crippen LogP contribution is 1.89. The molecule has 0 saturated carbocycles. The van der Waals surface area contributed by atoms with Gasteiger partial charge in [-0.3, -0.25) is 0 Å². The molecule has 2 nitrogen and oxygen atoms in total. The molecule has 0 heterocycles. The Labute approximate surface area is 43.7 Å². The van der Waals surface area contributed by atoms with Crippen molar-refractivity contribution < 1.29 is 9.47 Å². The van der Waals surface area contributed by atoms with Crippen LogP contribution in [0, 0.1) is 0 Å². The summed E-state index contributed by atoms with van der Waals surface area (Å²) in [4.78, 5) is 0. The molecule has 0 aromatic heterocycles. The molecule has 42 valence electrons. The van der Waals surface area contributed by atoms with Crippen molar-refractivity contribution in [2.45, 2.75) is 6.92 Å². The molecule has 2 heteroatoms. The second-order valence-electron chi connectivity index (χ2n) is 1.17. The van der Waals surface area contributed by atoms with Gasteiger partial charge in [-0.15, -0.1) is 0 Å². The molecule has 0 saturated heterocycles. The van der Waals surface area contributed by atoms with Gasteiger partial charge in [-0.1, -0.05) is 0 Å². The Bertz CT molecular complexity index is 66.5. The average molecular weight is 102 g/mol. The summed E-state index contributed by atoms with van der Waals surface area (Å²) < 4.78 is 9.33. The molecule has 0 spiro atoms. The first-order valence-electron chi connectivity index (χ1n) is 2.04. The molecule has 7 heavy (non-hydrogen) atoms. The van der Waals surface area contributed by atoms with E-state index in [2.05, 4.69) is 4.74 Å². The minimum absolute atomic E-state index is 0.780. The number of rotatable bonds is 2. The summed E-state index contributed by atoms with van der Waals surface area (Å²) in [7, 11) is 3.19. The molecule has 0 fully saturated rings. The summed E-state index contributed by atoms with van der Waals surface area (Å²) in [5.74, 6) is 0.780. The zero-order chi connectivity index (χ0) is 5.70. The fourth-order valence-electron chi connectivity index (χ4n) is 0.214. The van der Waals surface area contributed by atoms with E-state index in [1.165, 1.54) is 0 Å². The average Bonchev–Trinajstić information content (AvgIpc) is 1.68. The quantitative estimate of drug-likeness (QED) is 0.487. The predicted octanol–water partition coefficient (Wildman–Crippen LogP) is 1.14. The first kappa shape index (κ1) is 6.34. The predicted molar refractivity (Wildman–Crippen MR) is 27.8 cm³/mol. The SMILES string of the molecule is CO/C=C(/C)OC. The van der Waals surface area contributed by atoms with Crippen LogP contribution in [-0.2, 0) is 9.47 Å². The van der Waals surface area contributed by atoms with Crippen molar-refractivity contribution in [3.8, 4) is 0 Å². The van der Waals surface area contributed by atoms with Gasteiger partial charge >= 0.3 is 0 Å². The summed E-state index contributed by atoms with van der Waals surface area (Å²) in [5.41, 5.74) is 0. The number of ether oxygens (including phenoxy) is 2. The van der Waals surface area contributed by atoms with Crippen molar-refractivity contribution in [2.75, 3.05) is 14.2 Å². The van der Waals surface area contributed by atoms with Crippen LogP contribution >= 0.6 is 0 Å². The summed E-state index contributed by atoms with van der Waals surface area (Å²) in [6.45, 7) is 1.82. The molecule has 0 aromatic rings. The van der Waals surface area contributed by atoms with Gasteiger partial charge in [0.05, 0.1) is 14.2 Å². The van der Waals surface area contributed by atoms with Gasteiger partial charge < -0.3 is 9.47 Å². The highest BCUT2D eigenvalue weighted by atomic mass is 16.5. The third-order valence-corrected chi connectivity index (χ3v) is 0.606. The minimum Gasteiger partial charge on any atom is -0.501 e. The maximum atomic E-state index is 4.73. The van der Waals surface area contributed by atoms with Gasteiger partial charge in [0.1, 0.15) is 12.0 Å². The molecule has 0 N–H and O–H groups in total. The Morgan fingerprint density at radius 1 is 1.43 bits per heavy atom. The topological polar surface area (TPSA) is 18.5 Å². The fraction of sp³-hybridized carbons (Fsp3) is 0.600. The molecule has 0 atom stereocenters. The smallest absolute Gasteiger partial charge is 0.127 e. The van der Waals surface area contributed by atoms with Crippen molar-refractivity contribution in [3.05, 3.63) is 12.0 Å². The van der Waals surface area contributed by atoms with Crippen molar-refractivity contribution >= 4 is 0 Å². The standard InChI is InChI=1S/C5H10O2/c1-5(7-3)4-6-2/h4H,1-3H3/b5-4-. The van der Waals surface area contributed by atoms with Crippen LogP contribution in [0.3, 0.4) is 0 Å². The third kappa shape index (κ3) is 3.16. The minimum atomic E-state index is 0.780. The van der Waals surface area contributed by atoms with Gasteiger partial charge in [0.25, 0.3) is 0 Å². The summed E-state index contributed by atoms with van der Waals surface area (Å²) in [6, 6.07) is 0. The summed E-state index contributed by atoms with van der Waals surface area (Å²) in [5, 5.41) is 0. The molecule has 0 aromatic carbocycles. The molecule has 0 bridgehead atoms. The lowest BCUT2D eigenvalue weighted by Crippen LogP contribution is -1.78. The zero-order valence-electron chi connectivity index (χ0n) is 4.89. The Hall–Kier alpha value is -0.660. The van der Waals surface area contributed by atoms with E-state index in [0.717, 1.165) is 5.76 Å². The van der Waals surface area contributed by atoms with Crippen LogP contribution in [0.2, 0.25) is 0 Å². The van der Waals surface area contributed by atoms with Crippen LogP contribution < -0.4 is 0 Å². The number of methoxy groups -OCH3 is 2. The Kier molecular flexibility index (Phi) is 3.19. The second-order valence-corrected chi connectivity index (χ2v) is 1.17. The Balaban J connectivity index is 3.29. The van der Waals surface area contributed by atoms with Crippen LogP contribution in [0.25, 0.3) is 0 Å². The number of hydrogen-bond donors (Lipinski definition) is 0. The van der Waals surface area contributed by atoms with Crippen molar-refractivity contribution in [1.29, 1.82) is 0 Å². The van der Waals surface area contributed by atoms with Crippen LogP contribution in [0.1, 0.15) is 6.92 Å². The molecule has 0 aliphatic rings. The van der Waals surface area contributed by atoms with Crippen LogP contribution in [0.4, 0.5) is 0 Å². The van der Waals surface area contributed by atoms with Crippen molar-refractivity contribution in [1.82, 2.24) is 0 Å². The highest BCUT2D eigenvalue weighted by Gasteiger charge is 1.77. The van der Waals surface area contributed by atoms with E-state index >= 15 is 0 Å². The highest BCUT2D eigenvalue weighted by molar-refractivity contribution is 4.79. The Morgan fingerprint density at radius 3 is 2.14 bits per heavy atom. The maximum Gasteiger partial charge on any atom is 0.127 e. The molecule has 0 amide bonds. The Morgan fingerprint density at radius 2 is 2.00 bits per heavy atom. The first-order chi connectivity index (χ1) is 3.31. The van der Waals surface area contributed by atoms with Gasteiger partial charge in [-0.2, -0.15) is 0 Å². The van der Waals surface area contributed by atoms with E-state index < -0.39 is 0 Å². The largest absolute Gasteiger partial charge is 0.501 e. The van der Waals surface area contributed by atoms with Crippen LogP contribution in [-0.4, -0.2) is 14.2 Å². The van der Waals surface area contributed by atoms with E-state index in [1.54, 1.807) is 20.5 Å². The van der Waals surface area contributed by atoms with Gasteiger partial charge in [0.2, 0.25) is 0 Å². The molecule has 0 rings (SSSR count). The van der Waals surface area contributed by atoms with Crippen LogP contribution in [0.15, 0.2) is 12.0 Å². The molecule has 0 unspecified atom stereocenters. The van der Waals surface area contributed by atoms with E-state index in [0.29, 0.717) is 0 Å². The van der Waals surface area contributed by atoms with E-state index in [9.17, 15) is 0 Å². The number of allylic oxidation sites excluding steroid dienone is 1. The molecule has 0 aliphatic heterocycles. The van der Waals surface area contributed by atoms with Gasteiger partial charge in [-0.25, -0.2) is 0 Å². The van der Waals surface area contributed by atoms with Gasteiger partial charge in [0.15, 0.2) is 0 Å². The summed E-state index contributed by atoms with van der Waals surface area (Å²) in [6.07, 6.45) is 1.54. The summed E-state index contributed by atoms with van der Waals surface area (Å²) >= 11 is 0. The number of hydrogen-bond acceptors (Lipinski definition) is 2. The van der Waals surface area contributed by atoms with Crippen molar-refractivity contribution in [3.63, 3.8) is 0 Å². The van der Waals surface area contributed by atoms with Gasteiger partial charge in [-0.05, 0) is 6.92 Å². The van der Waals surface area contributed by atoms with E-state index in [-0.39, 0.29) is 0 Å². The molecule has 0 aliphatic carbocycles. The molecule has 0 radical (unpaired) electrons. The van der Waals surface area contributed by atoms with E-state index in [4.69, 9.17) is 4.74 Å². The first-order valence-corrected chi connectivity index (χ1v) is 2.04. The lowest BCUT2D eigenvalue weighted by Gasteiger charge is -1.94. The lowest BCUT2D eigenvalue weighted by atomic mass is 10.6. The van der Waals surface area contributed by atoms with E-state index in [1.807, 2.05) is 6.92 Å². The van der Waals surface area contributed by atoms with Crippen LogP contribution in [0.5, 0.6) is 0 Å². The lowest BCUT2D eigenvalue weighted by molar-refractivity contribution is 0.251. The second kappa shape index (κ2) is 3.53. The normalized spacial score (nSPS) is 11.0. The zero-order valence-corrected chi connectivity index (χ0v) is 4.89. The monoisotopic (exact) mass is 102 g/mol. The van der Waals surface area contributed by atoms with Crippen molar-refractivity contribution in [2.24, 2.45) is 0 Å². The molecular formula is C5H10O2. The third-order valence-electron chi connectivity index (χ3n) is 0.606. The van der Waals surface area contributed by atoms with Gasteiger partial charge in [0, 0.05) is 0 Å². The fourth-order valence-corrected chi connectivity index (χ4v) is 0.214.